The number of nitrogens with zero attached hydrogens (tertiary/aromatic N) is 3. The number of fused-ring (bicyclic) bond motifs is 1. The number of benzene rings is 3. The van der Waals surface area contributed by atoms with E-state index in [2.05, 4.69) is 4.98 Å². The topological polar surface area (TPSA) is 114 Å². The molecule has 8 nitrogen and oxygen atoms in total. The predicted molar refractivity (Wildman–Crippen MR) is 133 cm³/mol. The Morgan fingerprint density at radius 2 is 1.83 bits per heavy atom. The van der Waals surface area contributed by atoms with Crippen LogP contribution in [0.5, 0.6) is 0 Å². The van der Waals surface area contributed by atoms with E-state index in [0.717, 1.165) is 32.9 Å². The molecule has 0 aliphatic carbocycles. The minimum Gasteiger partial charge on any atom is -0.507 e. The molecule has 36 heavy (non-hydrogen) atoms. The van der Waals surface area contributed by atoms with Crippen molar-refractivity contribution in [2.45, 2.75) is 19.9 Å². The minimum absolute atomic E-state index is 0.126. The number of nitro benzene ring substituents is 1. The van der Waals surface area contributed by atoms with Crippen molar-refractivity contribution in [3.8, 4) is 0 Å². The van der Waals surface area contributed by atoms with Crippen LogP contribution in [-0.2, 0) is 9.59 Å². The van der Waals surface area contributed by atoms with Gasteiger partial charge in [0.1, 0.15) is 11.6 Å². The number of aromatic nitrogens is 1. The van der Waals surface area contributed by atoms with E-state index in [1.807, 2.05) is 26.0 Å². The highest BCUT2D eigenvalue weighted by atomic mass is 32.1. The smallest absolute Gasteiger partial charge is 0.301 e. The number of hydrogen-bond acceptors (Lipinski definition) is 7. The number of Topliss-reactive ketones (excluding diaryl/α,β-unsaturated/α-hetero) is 1. The van der Waals surface area contributed by atoms with Gasteiger partial charge >= 0.3 is 5.91 Å². The Labute approximate surface area is 208 Å². The van der Waals surface area contributed by atoms with Crippen molar-refractivity contribution in [2.75, 3.05) is 4.90 Å². The number of carbonyl (C=O) groups excluding carboxylic acids is 2. The lowest BCUT2D eigenvalue weighted by Gasteiger charge is -2.22. The van der Waals surface area contributed by atoms with Gasteiger partial charge in [0.2, 0.25) is 0 Å². The first-order valence-electron chi connectivity index (χ1n) is 10.8. The van der Waals surface area contributed by atoms with Crippen LogP contribution in [0.2, 0.25) is 0 Å². The minimum atomic E-state index is -1.18. The van der Waals surface area contributed by atoms with Crippen LogP contribution in [0.15, 0.2) is 66.2 Å². The average molecular weight is 504 g/mol. The normalized spacial score (nSPS) is 17.2. The average Bonchev–Trinajstić information content (AvgIpc) is 3.38. The number of amides is 1. The third kappa shape index (κ3) is 3.81. The number of thiazole rings is 1. The van der Waals surface area contributed by atoms with E-state index in [1.165, 1.54) is 47.7 Å². The molecular formula is C26H18FN3O5S. The van der Waals surface area contributed by atoms with Crippen LogP contribution in [0.4, 0.5) is 15.2 Å². The van der Waals surface area contributed by atoms with Gasteiger partial charge in [-0.3, -0.25) is 24.6 Å². The van der Waals surface area contributed by atoms with Gasteiger partial charge in [0.05, 0.1) is 26.8 Å². The van der Waals surface area contributed by atoms with Gasteiger partial charge in [-0.2, -0.15) is 0 Å². The van der Waals surface area contributed by atoms with Crippen molar-refractivity contribution in [1.29, 1.82) is 0 Å². The van der Waals surface area contributed by atoms with Crippen molar-refractivity contribution in [3.05, 3.63) is 104 Å². The Balaban J connectivity index is 1.76. The number of rotatable bonds is 4. The summed E-state index contributed by atoms with van der Waals surface area (Å²) in [6, 6.07) is 13.0. The van der Waals surface area contributed by atoms with Crippen LogP contribution in [0.1, 0.15) is 28.3 Å². The molecule has 180 valence electrons. The molecule has 0 saturated carbocycles. The lowest BCUT2D eigenvalue weighted by molar-refractivity contribution is -0.384. The molecule has 1 unspecified atom stereocenters. The maximum absolute atomic E-state index is 13.5. The predicted octanol–water partition coefficient (Wildman–Crippen LogP) is 5.59. The summed E-state index contributed by atoms with van der Waals surface area (Å²) in [5, 5.41) is 22.8. The Bertz CT molecular complexity index is 1610. The van der Waals surface area contributed by atoms with Crippen LogP contribution in [0.25, 0.3) is 16.0 Å². The molecule has 0 spiro atoms. The van der Waals surface area contributed by atoms with Crippen molar-refractivity contribution < 1.29 is 24.0 Å². The zero-order valence-corrected chi connectivity index (χ0v) is 19.9. The fourth-order valence-corrected chi connectivity index (χ4v) is 5.55. The molecule has 4 aromatic rings. The maximum Gasteiger partial charge on any atom is 0.301 e. The molecule has 10 heteroatoms. The van der Waals surface area contributed by atoms with Crippen LogP contribution >= 0.6 is 11.3 Å². The second-order valence-corrected chi connectivity index (χ2v) is 9.46. The second kappa shape index (κ2) is 8.65. The third-order valence-corrected chi connectivity index (χ3v) is 6.99. The van der Waals surface area contributed by atoms with Gasteiger partial charge in [0, 0.05) is 17.7 Å². The molecule has 1 aliphatic rings. The quantitative estimate of drug-likeness (QED) is 0.128. The fourth-order valence-electron chi connectivity index (χ4n) is 4.38. The number of hydrogen-bond donors (Lipinski definition) is 1. The van der Waals surface area contributed by atoms with Gasteiger partial charge in [0.15, 0.2) is 5.13 Å². The molecule has 2 heterocycles. The molecule has 1 N–H and O–H groups in total. The SMILES string of the molecule is Cc1cc(C)c2nc(N3C(=O)C(=O)C(=C(O)c4ccc(F)cc4)C3c3cccc([N+](=O)[O-])c3)sc2c1. The van der Waals surface area contributed by atoms with Crippen molar-refractivity contribution in [2.24, 2.45) is 0 Å². The van der Waals surface area contributed by atoms with E-state index in [-0.39, 0.29) is 27.5 Å². The molecule has 0 bridgehead atoms. The largest absolute Gasteiger partial charge is 0.507 e. The summed E-state index contributed by atoms with van der Waals surface area (Å²) in [6.07, 6.45) is 0. The Morgan fingerprint density at radius 1 is 1.11 bits per heavy atom. The highest BCUT2D eigenvalue weighted by molar-refractivity contribution is 7.22. The van der Waals surface area contributed by atoms with E-state index in [1.54, 1.807) is 0 Å². The number of anilines is 1. The van der Waals surface area contributed by atoms with E-state index in [0.29, 0.717) is 5.52 Å². The van der Waals surface area contributed by atoms with Gasteiger partial charge in [0.25, 0.3) is 11.5 Å². The molecule has 1 atom stereocenters. The number of carbonyl (C=O) groups is 2. The van der Waals surface area contributed by atoms with E-state index < -0.39 is 34.2 Å². The Morgan fingerprint density at radius 3 is 2.53 bits per heavy atom. The van der Waals surface area contributed by atoms with Gasteiger partial charge < -0.3 is 5.11 Å². The van der Waals surface area contributed by atoms with Crippen LogP contribution < -0.4 is 4.90 Å². The summed E-state index contributed by atoms with van der Waals surface area (Å²) in [4.78, 5) is 43.3. The summed E-state index contributed by atoms with van der Waals surface area (Å²) in [6.45, 7) is 3.82. The van der Waals surface area contributed by atoms with Gasteiger partial charge in [-0.25, -0.2) is 9.37 Å². The number of non-ortho nitro benzene ring substituents is 1. The number of aryl methyl sites for hydroxylation is 2. The summed E-state index contributed by atoms with van der Waals surface area (Å²) in [5.41, 5.74) is 2.43. The molecule has 0 radical (unpaired) electrons. The van der Waals surface area contributed by atoms with Gasteiger partial charge in [-0.05, 0) is 60.9 Å². The summed E-state index contributed by atoms with van der Waals surface area (Å²) in [7, 11) is 0. The maximum atomic E-state index is 13.5. The Kier molecular flexibility index (Phi) is 5.60. The van der Waals surface area contributed by atoms with E-state index in [9.17, 15) is 29.2 Å². The standard InChI is InChI=1S/C26H18FN3O5S/c1-13-10-14(2)21-19(11-13)36-26(28-21)29-22(16-4-3-5-18(12-16)30(34)35)20(24(32)25(29)33)23(31)15-6-8-17(27)9-7-15/h3-12,22,31H,1-2H3. The molecular weight excluding hydrogens is 485 g/mol. The first-order chi connectivity index (χ1) is 17.2. The van der Waals surface area contributed by atoms with Crippen LogP contribution in [-0.4, -0.2) is 26.7 Å². The number of aliphatic hydroxyl groups excluding tert-OH is 1. The zero-order chi connectivity index (χ0) is 25.7. The van der Waals surface area contributed by atoms with Crippen molar-refractivity contribution in [3.63, 3.8) is 0 Å². The summed E-state index contributed by atoms with van der Waals surface area (Å²) >= 11 is 1.20. The monoisotopic (exact) mass is 503 g/mol. The van der Waals surface area contributed by atoms with E-state index >= 15 is 0 Å². The van der Waals surface area contributed by atoms with E-state index in [4.69, 9.17) is 0 Å². The molecule has 5 rings (SSSR count). The molecule has 1 amide bonds. The summed E-state index contributed by atoms with van der Waals surface area (Å²) in [5.74, 6) is -2.95. The zero-order valence-electron chi connectivity index (χ0n) is 19.1. The third-order valence-electron chi connectivity index (χ3n) is 5.98. The molecule has 3 aromatic carbocycles. The molecule has 1 aliphatic heterocycles. The highest BCUT2D eigenvalue weighted by Gasteiger charge is 2.48. The van der Waals surface area contributed by atoms with Gasteiger partial charge in [-0.15, -0.1) is 0 Å². The highest BCUT2D eigenvalue weighted by Crippen LogP contribution is 2.45. The molecule has 1 fully saturated rings. The number of halogens is 1. The fraction of sp³-hybridized carbons (Fsp3) is 0.115. The lowest BCUT2D eigenvalue weighted by atomic mass is 9.95. The number of aliphatic hydroxyl groups is 1. The Hall–Kier alpha value is -4.44. The van der Waals surface area contributed by atoms with Crippen LogP contribution in [0, 0.1) is 29.8 Å². The number of ketones is 1. The van der Waals surface area contributed by atoms with Crippen molar-refractivity contribution >= 4 is 49.8 Å². The second-order valence-electron chi connectivity index (χ2n) is 8.45. The lowest BCUT2D eigenvalue weighted by Crippen LogP contribution is -2.29. The number of nitro groups is 1. The first kappa shape index (κ1) is 23.3. The van der Waals surface area contributed by atoms with Crippen molar-refractivity contribution in [1.82, 2.24) is 4.98 Å². The van der Waals surface area contributed by atoms with Gasteiger partial charge in [-0.1, -0.05) is 29.5 Å². The summed E-state index contributed by atoms with van der Waals surface area (Å²) < 4.78 is 14.3. The first-order valence-corrected chi connectivity index (χ1v) is 11.7. The van der Waals surface area contributed by atoms with Crippen LogP contribution in [0.3, 0.4) is 0 Å². The molecule has 1 saturated heterocycles. The molecule has 1 aromatic heterocycles.